The maximum Gasteiger partial charge on any atom is 0.130 e. The zero-order valence-corrected chi connectivity index (χ0v) is 10.2. The molecule has 0 N–H and O–H groups in total. The van der Waals surface area contributed by atoms with Gasteiger partial charge in [-0.15, -0.1) is 0 Å². The Morgan fingerprint density at radius 3 is 2.86 bits per heavy atom. The van der Waals surface area contributed by atoms with Gasteiger partial charge in [-0.25, -0.2) is 0 Å². The Kier molecular flexibility index (Phi) is 4.62. The van der Waals surface area contributed by atoms with Crippen LogP contribution >= 0.6 is 21.6 Å². The predicted molar refractivity (Wildman–Crippen MR) is 61.7 cm³/mol. The molecule has 14 heavy (non-hydrogen) atoms. The van der Waals surface area contributed by atoms with Crippen molar-refractivity contribution < 1.29 is 9.21 Å². The van der Waals surface area contributed by atoms with Gasteiger partial charge in [-0.2, -0.15) is 0 Å². The molecule has 0 aliphatic carbocycles. The molecule has 1 heterocycles. The molecule has 2 nitrogen and oxygen atoms in total. The van der Waals surface area contributed by atoms with Crippen LogP contribution in [0.15, 0.2) is 21.6 Å². The van der Waals surface area contributed by atoms with Gasteiger partial charge in [0.1, 0.15) is 11.5 Å². The molecule has 0 saturated carbocycles. The van der Waals surface area contributed by atoms with Crippen molar-refractivity contribution in [3.05, 3.63) is 18.1 Å². The van der Waals surface area contributed by atoms with E-state index in [9.17, 15) is 4.79 Å². The minimum Gasteiger partial charge on any atom is -0.468 e. The van der Waals surface area contributed by atoms with Gasteiger partial charge in [-0.1, -0.05) is 28.5 Å². The minimum absolute atomic E-state index is 0.245. The Morgan fingerprint density at radius 1 is 1.64 bits per heavy atom. The van der Waals surface area contributed by atoms with Gasteiger partial charge in [0.2, 0.25) is 0 Å². The third-order valence-electron chi connectivity index (χ3n) is 1.69. The highest BCUT2D eigenvalue weighted by atomic mass is 33.1. The first-order valence-corrected chi connectivity index (χ1v) is 6.67. The summed E-state index contributed by atoms with van der Waals surface area (Å²) in [5.41, 5.74) is 0. The molecule has 0 aliphatic heterocycles. The first-order chi connectivity index (χ1) is 6.59. The standard InChI is InChI=1S/C10H14O2S2/c1-7(11)6-8(2)13-14-10-4-5-12-9(10)3/h4-5,8H,6H2,1-3H3. The monoisotopic (exact) mass is 230 g/mol. The van der Waals surface area contributed by atoms with Gasteiger partial charge in [0.25, 0.3) is 0 Å². The molecule has 1 aromatic rings. The fraction of sp³-hybridized carbons (Fsp3) is 0.500. The second-order valence-corrected chi connectivity index (χ2v) is 5.92. The van der Waals surface area contributed by atoms with E-state index in [1.54, 1.807) is 34.8 Å². The van der Waals surface area contributed by atoms with E-state index in [4.69, 9.17) is 4.42 Å². The van der Waals surface area contributed by atoms with E-state index in [0.717, 1.165) is 10.7 Å². The number of aryl methyl sites for hydroxylation is 1. The summed E-state index contributed by atoms with van der Waals surface area (Å²) in [6.45, 7) is 5.64. The second kappa shape index (κ2) is 5.51. The van der Waals surface area contributed by atoms with Crippen molar-refractivity contribution in [2.24, 2.45) is 0 Å². The Bertz CT molecular complexity index is 307. The van der Waals surface area contributed by atoms with Crippen molar-refractivity contribution in [3.8, 4) is 0 Å². The van der Waals surface area contributed by atoms with E-state index in [0.29, 0.717) is 11.7 Å². The van der Waals surface area contributed by atoms with Crippen LogP contribution in [0.1, 0.15) is 26.0 Å². The van der Waals surface area contributed by atoms with E-state index < -0.39 is 0 Å². The summed E-state index contributed by atoms with van der Waals surface area (Å²) < 4.78 is 5.18. The molecule has 1 aromatic heterocycles. The van der Waals surface area contributed by atoms with Gasteiger partial charge < -0.3 is 4.42 Å². The fourth-order valence-electron chi connectivity index (χ4n) is 1.03. The Balaban J connectivity index is 2.34. The van der Waals surface area contributed by atoms with E-state index in [-0.39, 0.29) is 5.78 Å². The summed E-state index contributed by atoms with van der Waals surface area (Å²) in [6, 6.07) is 1.95. The summed E-state index contributed by atoms with van der Waals surface area (Å²) in [5, 5.41) is 0.354. The first kappa shape index (κ1) is 11.7. The van der Waals surface area contributed by atoms with E-state index in [2.05, 4.69) is 6.92 Å². The van der Waals surface area contributed by atoms with Gasteiger partial charge in [-0.05, 0) is 19.9 Å². The second-order valence-electron chi connectivity index (χ2n) is 3.24. The van der Waals surface area contributed by atoms with Gasteiger partial charge in [0.15, 0.2) is 0 Å². The normalized spacial score (nSPS) is 12.8. The molecule has 78 valence electrons. The van der Waals surface area contributed by atoms with Gasteiger partial charge in [0.05, 0.1) is 11.2 Å². The molecule has 1 rings (SSSR count). The molecule has 1 unspecified atom stereocenters. The Morgan fingerprint density at radius 2 is 2.36 bits per heavy atom. The average Bonchev–Trinajstić information content (AvgIpc) is 2.46. The highest BCUT2D eigenvalue weighted by Crippen LogP contribution is 2.37. The molecule has 0 bridgehead atoms. The smallest absolute Gasteiger partial charge is 0.130 e. The lowest BCUT2D eigenvalue weighted by molar-refractivity contribution is -0.116. The summed E-state index contributed by atoms with van der Waals surface area (Å²) in [7, 11) is 3.39. The lowest BCUT2D eigenvalue weighted by Crippen LogP contribution is -2.01. The number of Topliss-reactive ketones (excluding diaryl/α,β-unsaturated/α-hetero) is 1. The number of ketones is 1. The SMILES string of the molecule is CC(=O)CC(C)SSc1ccoc1C. The van der Waals surface area contributed by atoms with Crippen LogP contribution in [0.4, 0.5) is 0 Å². The highest BCUT2D eigenvalue weighted by Gasteiger charge is 2.09. The van der Waals surface area contributed by atoms with Crippen molar-refractivity contribution in [1.29, 1.82) is 0 Å². The van der Waals surface area contributed by atoms with Crippen LogP contribution in [0.25, 0.3) is 0 Å². The van der Waals surface area contributed by atoms with Crippen molar-refractivity contribution in [3.63, 3.8) is 0 Å². The summed E-state index contributed by atoms with van der Waals surface area (Å²) in [4.78, 5) is 12.0. The molecule has 0 fully saturated rings. The minimum atomic E-state index is 0.245. The van der Waals surface area contributed by atoms with E-state index in [1.165, 1.54) is 0 Å². The summed E-state index contributed by atoms with van der Waals surface area (Å²) in [6.07, 6.45) is 2.32. The number of furan rings is 1. The lowest BCUT2D eigenvalue weighted by Gasteiger charge is -2.06. The zero-order valence-electron chi connectivity index (χ0n) is 8.57. The number of hydrogen-bond donors (Lipinski definition) is 0. The van der Waals surface area contributed by atoms with Crippen LogP contribution in [0.5, 0.6) is 0 Å². The number of carbonyl (C=O) groups excluding carboxylic acids is 1. The third-order valence-corrected chi connectivity index (χ3v) is 4.70. The van der Waals surface area contributed by atoms with Gasteiger partial charge in [0, 0.05) is 11.7 Å². The fourth-order valence-corrected chi connectivity index (χ4v) is 3.41. The van der Waals surface area contributed by atoms with Crippen molar-refractivity contribution in [2.75, 3.05) is 0 Å². The Labute approximate surface area is 92.2 Å². The topological polar surface area (TPSA) is 30.2 Å². The number of carbonyl (C=O) groups is 1. The van der Waals surface area contributed by atoms with Crippen LogP contribution in [-0.4, -0.2) is 11.0 Å². The molecule has 0 aliphatic rings. The van der Waals surface area contributed by atoms with E-state index in [1.807, 2.05) is 13.0 Å². The molecule has 0 saturated heterocycles. The van der Waals surface area contributed by atoms with Gasteiger partial charge >= 0.3 is 0 Å². The maximum absolute atomic E-state index is 10.8. The molecule has 0 spiro atoms. The average molecular weight is 230 g/mol. The third kappa shape index (κ3) is 3.80. The van der Waals surface area contributed by atoms with Crippen LogP contribution < -0.4 is 0 Å². The quantitative estimate of drug-likeness (QED) is 0.722. The van der Waals surface area contributed by atoms with Crippen molar-refractivity contribution >= 4 is 27.4 Å². The lowest BCUT2D eigenvalue weighted by atomic mass is 10.2. The molecule has 0 aromatic carbocycles. The Hall–Kier alpha value is -0.350. The van der Waals surface area contributed by atoms with Gasteiger partial charge in [-0.3, -0.25) is 4.79 Å². The molecule has 4 heteroatoms. The van der Waals surface area contributed by atoms with Crippen molar-refractivity contribution in [2.45, 2.75) is 37.3 Å². The molecule has 1 atom stereocenters. The number of hydrogen-bond acceptors (Lipinski definition) is 4. The number of rotatable bonds is 5. The van der Waals surface area contributed by atoms with Crippen LogP contribution in [0.2, 0.25) is 0 Å². The molecular formula is C10H14O2S2. The summed E-state index contributed by atoms with van der Waals surface area (Å²) in [5.74, 6) is 1.19. The molecule has 0 radical (unpaired) electrons. The predicted octanol–water partition coefficient (Wildman–Crippen LogP) is 3.70. The molecular weight excluding hydrogens is 216 g/mol. The van der Waals surface area contributed by atoms with E-state index >= 15 is 0 Å². The molecule has 0 amide bonds. The van der Waals surface area contributed by atoms with Crippen LogP contribution in [-0.2, 0) is 4.79 Å². The summed E-state index contributed by atoms with van der Waals surface area (Å²) >= 11 is 0. The highest BCUT2D eigenvalue weighted by molar-refractivity contribution is 8.77. The first-order valence-electron chi connectivity index (χ1n) is 4.46. The van der Waals surface area contributed by atoms with Crippen molar-refractivity contribution in [1.82, 2.24) is 0 Å². The maximum atomic E-state index is 10.8. The van der Waals surface area contributed by atoms with Crippen LogP contribution in [0.3, 0.4) is 0 Å². The zero-order chi connectivity index (χ0) is 10.6. The largest absolute Gasteiger partial charge is 0.468 e. The van der Waals surface area contributed by atoms with Crippen LogP contribution in [0, 0.1) is 6.92 Å².